The van der Waals surface area contributed by atoms with Gasteiger partial charge in [0.2, 0.25) is 0 Å². The van der Waals surface area contributed by atoms with Crippen LogP contribution in [0.25, 0.3) is 0 Å². The molecule has 84 valence electrons. The first kappa shape index (κ1) is 13.5. The summed E-state index contributed by atoms with van der Waals surface area (Å²) in [5.74, 6) is 0.691. The van der Waals surface area contributed by atoms with Crippen molar-refractivity contribution in [3.63, 3.8) is 0 Å². The highest BCUT2D eigenvalue weighted by atomic mass is 79.9. The van der Waals surface area contributed by atoms with Crippen molar-refractivity contribution in [1.29, 1.82) is 0 Å². The van der Waals surface area contributed by atoms with Crippen molar-refractivity contribution in [1.82, 2.24) is 0 Å². The highest BCUT2D eigenvalue weighted by molar-refractivity contribution is 9.11. The van der Waals surface area contributed by atoms with Crippen molar-refractivity contribution in [3.8, 4) is 0 Å². The minimum absolute atomic E-state index is 0. The van der Waals surface area contributed by atoms with E-state index in [2.05, 4.69) is 44.0 Å². The second kappa shape index (κ2) is 5.67. The first-order valence-electron chi connectivity index (χ1n) is 4.88. The minimum atomic E-state index is 0. The Hall–Kier alpha value is 0.430. The lowest BCUT2D eigenvalue weighted by atomic mass is 9.78. The van der Waals surface area contributed by atoms with Crippen LogP contribution in [0.15, 0.2) is 27.1 Å². The van der Waals surface area contributed by atoms with E-state index in [9.17, 15) is 0 Å². The summed E-state index contributed by atoms with van der Waals surface area (Å²) >= 11 is 6.97. The van der Waals surface area contributed by atoms with Crippen molar-refractivity contribution < 1.29 is 0 Å². The molecule has 0 heterocycles. The van der Waals surface area contributed by atoms with Gasteiger partial charge < -0.3 is 5.73 Å². The standard InChI is InChI=1S/C11H13Br2N.ClH/c12-9-4-8(5-10(13)6-9)11(14)7-2-1-3-7;/h4-7,11H,1-3,14H2;1H/t11-;/m1./s1. The maximum atomic E-state index is 6.20. The van der Waals surface area contributed by atoms with Gasteiger partial charge in [0.15, 0.2) is 0 Å². The van der Waals surface area contributed by atoms with Gasteiger partial charge in [-0.3, -0.25) is 0 Å². The van der Waals surface area contributed by atoms with Crippen molar-refractivity contribution in [2.75, 3.05) is 0 Å². The van der Waals surface area contributed by atoms with E-state index in [-0.39, 0.29) is 18.4 Å². The fourth-order valence-corrected chi connectivity index (χ4v) is 3.17. The number of hydrogen-bond acceptors (Lipinski definition) is 1. The molecule has 0 saturated heterocycles. The highest BCUT2D eigenvalue weighted by Crippen LogP contribution is 2.37. The summed E-state index contributed by atoms with van der Waals surface area (Å²) in [6.07, 6.45) is 3.91. The third-order valence-electron chi connectivity index (χ3n) is 2.93. The van der Waals surface area contributed by atoms with Gasteiger partial charge in [-0.15, -0.1) is 12.4 Å². The van der Waals surface area contributed by atoms with Crippen LogP contribution in [0.4, 0.5) is 0 Å². The predicted molar refractivity (Wildman–Crippen MR) is 73.4 cm³/mol. The molecule has 0 bridgehead atoms. The largest absolute Gasteiger partial charge is 0.324 e. The molecule has 1 aromatic rings. The molecule has 0 unspecified atom stereocenters. The van der Waals surface area contributed by atoms with E-state index in [4.69, 9.17) is 5.73 Å². The fourth-order valence-electron chi connectivity index (χ4n) is 1.84. The van der Waals surface area contributed by atoms with Gasteiger partial charge in [-0.2, -0.15) is 0 Å². The van der Waals surface area contributed by atoms with Crippen LogP contribution >= 0.6 is 44.3 Å². The Morgan fingerprint density at radius 1 is 1.13 bits per heavy atom. The van der Waals surface area contributed by atoms with Crippen LogP contribution in [-0.4, -0.2) is 0 Å². The number of rotatable bonds is 2. The molecule has 0 aliphatic heterocycles. The molecule has 15 heavy (non-hydrogen) atoms. The zero-order chi connectivity index (χ0) is 10.1. The molecular weight excluding hydrogens is 341 g/mol. The van der Waals surface area contributed by atoms with Gasteiger partial charge in [0.1, 0.15) is 0 Å². The van der Waals surface area contributed by atoms with Crippen molar-refractivity contribution in [2.24, 2.45) is 11.7 Å². The van der Waals surface area contributed by atoms with Crippen LogP contribution in [0.1, 0.15) is 30.9 Å². The van der Waals surface area contributed by atoms with Crippen molar-refractivity contribution >= 4 is 44.3 Å². The summed E-state index contributed by atoms with van der Waals surface area (Å²) in [5.41, 5.74) is 7.43. The van der Waals surface area contributed by atoms with Crippen LogP contribution in [-0.2, 0) is 0 Å². The van der Waals surface area contributed by atoms with Gasteiger partial charge in [0.25, 0.3) is 0 Å². The Kier molecular flexibility index (Phi) is 5.10. The smallest absolute Gasteiger partial charge is 0.0324 e. The molecule has 4 heteroatoms. The van der Waals surface area contributed by atoms with Crippen LogP contribution in [0, 0.1) is 5.92 Å². The molecule has 1 aliphatic carbocycles. The molecular formula is C11H14Br2ClN. The predicted octanol–water partition coefficient (Wildman–Crippen LogP) is 4.43. The number of halogens is 3. The van der Waals surface area contributed by atoms with E-state index in [1.54, 1.807) is 0 Å². The van der Waals surface area contributed by atoms with E-state index >= 15 is 0 Å². The Bertz CT molecular complexity index is 319. The third-order valence-corrected chi connectivity index (χ3v) is 3.84. The van der Waals surface area contributed by atoms with Gasteiger partial charge in [-0.1, -0.05) is 38.3 Å². The second-order valence-corrected chi connectivity index (χ2v) is 5.75. The second-order valence-electron chi connectivity index (χ2n) is 3.92. The molecule has 1 atom stereocenters. The van der Waals surface area contributed by atoms with Crippen LogP contribution < -0.4 is 5.73 Å². The van der Waals surface area contributed by atoms with Crippen LogP contribution in [0.5, 0.6) is 0 Å². The van der Waals surface area contributed by atoms with Gasteiger partial charge >= 0.3 is 0 Å². The van der Waals surface area contributed by atoms with E-state index in [0.29, 0.717) is 5.92 Å². The zero-order valence-electron chi connectivity index (χ0n) is 8.25. The average molecular weight is 356 g/mol. The average Bonchev–Trinajstić information content (AvgIpc) is 1.98. The number of hydrogen-bond donors (Lipinski definition) is 1. The Morgan fingerprint density at radius 2 is 1.67 bits per heavy atom. The zero-order valence-corrected chi connectivity index (χ0v) is 12.2. The highest BCUT2D eigenvalue weighted by Gasteiger charge is 2.25. The summed E-state index contributed by atoms with van der Waals surface area (Å²) in [7, 11) is 0. The molecule has 1 aliphatic rings. The molecule has 1 saturated carbocycles. The first-order chi connectivity index (χ1) is 6.66. The normalized spacial score (nSPS) is 17.8. The summed E-state index contributed by atoms with van der Waals surface area (Å²) in [6.45, 7) is 0. The molecule has 0 radical (unpaired) electrons. The quantitative estimate of drug-likeness (QED) is 0.834. The molecule has 1 nitrogen and oxygen atoms in total. The number of benzene rings is 1. The number of nitrogens with two attached hydrogens (primary N) is 1. The molecule has 1 aromatic carbocycles. The lowest BCUT2D eigenvalue weighted by molar-refractivity contribution is 0.264. The van der Waals surface area contributed by atoms with E-state index in [1.807, 2.05) is 6.07 Å². The lowest BCUT2D eigenvalue weighted by Crippen LogP contribution is -2.26. The monoisotopic (exact) mass is 353 g/mol. The third kappa shape index (κ3) is 3.19. The maximum Gasteiger partial charge on any atom is 0.0324 e. The van der Waals surface area contributed by atoms with Gasteiger partial charge in [0, 0.05) is 15.0 Å². The van der Waals surface area contributed by atoms with Gasteiger partial charge in [-0.05, 0) is 42.5 Å². The Morgan fingerprint density at radius 3 is 2.07 bits per heavy atom. The molecule has 1 fully saturated rings. The van der Waals surface area contributed by atoms with Crippen molar-refractivity contribution in [2.45, 2.75) is 25.3 Å². The summed E-state index contributed by atoms with van der Waals surface area (Å²) < 4.78 is 2.19. The van der Waals surface area contributed by atoms with Crippen molar-refractivity contribution in [3.05, 3.63) is 32.7 Å². The lowest BCUT2D eigenvalue weighted by Gasteiger charge is -2.31. The van der Waals surface area contributed by atoms with Crippen LogP contribution in [0.3, 0.4) is 0 Å². The minimum Gasteiger partial charge on any atom is -0.324 e. The first-order valence-corrected chi connectivity index (χ1v) is 6.47. The molecule has 2 rings (SSSR count). The molecule has 0 spiro atoms. The Balaban J connectivity index is 0.00000112. The SMILES string of the molecule is Cl.N[C@@H](c1cc(Br)cc(Br)c1)C1CCC1. The van der Waals surface area contributed by atoms with Gasteiger partial charge in [0.05, 0.1) is 0 Å². The maximum absolute atomic E-state index is 6.20. The molecule has 0 aromatic heterocycles. The summed E-state index contributed by atoms with van der Waals surface area (Å²) in [6, 6.07) is 6.48. The van der Waals surface area contributed by atoms with Gasteiger partial charge in [-0.25, -0.2) is 0 Å². The van der Waals surface area contributed by atoms with Crippen LogP contribution in [0.2, 0.25) is 0 Å². The van der Waals surface area contributed by atoms with E-state index < -0.39 is 0 Å². The Labute approximate surface area is 113 Å². The van der Waals surface area contributed by atoms with E-state index in [0.717, 1.165) is 8.95 Å². The van der Waals surface area contributed by atoms with E-state index in [1.165, 1.54) is 24.8 Å². The summed E-state index contributed by atoms with van der Waals surface area (Å²) in [5, 5.41) is 0. The fraction of sp³-hybridized carbons (Fsp3) is 0.455. The molecule has 0 amide bonds. The summed E-state index contributed by atoms with van der Waals surface area (Å²) in [4.78, 5) is 0. The molecule has 2 N–H and O–H groups in total. The topological polar surface area (TPSA) is 26.0 Å².